The van der Waals surface area contributed by atoms with Crippen LogP contribution in [0.2, 0.25) is 0 Å². The smallest absolute Gasteiger partial charge is 0.308 e. The summed E-state index contributed by atoms with van der Waals surface area (Å²) >= 11 is 0. The molecule has 104 valence electrons. The molecule has 1 rings (SSSR count). The van der Waals surface area contributed by atoms with Crippen molar-refractivity contribution in [3.63, 3.8) is 0 Å². The molecule has 1 amide bonds. The molecular weight excluding hydrogens is 232 g/mol. The van der Waals surface area contributed by atoms with E-state index in [2.05, 4.69) is 10.6 Å². The molecule has 5 heteroatoms. The first-order chi connectivity index (χ1) is 8.50. The molecule has 0 bridgehead atoms. The van der Waals surface area contributed by atoms with Crippen LogP contribution >= 0.6 is 0 Å². The molecule has 0 radical (unpaired) electrons. The summed E-state index contributed by atoms with van der Waals surface area (Å²) in [5.41, 5.74) is 0. The van der Waals surface area contributed by atoms with Gasteiger partial charge in [0.2, 0.25) is 5.91 Å². The minimum Gasteiger partial charge on any atom is -0.481 e. The maximum Gasteiger partial charge on any atom is 0.308 e. The van der Waals surface area contributed by atoms with E-state index in [9.17, 15) is 14.7 Å². The Bertz CT molecular complexity index is 292. The number of carbonyl (C=O) groups excluding carboxylic acids is 1. The third-order valence-electron chi connectivity index (χ3n) is 3.35. The maximum absolute atomic E-state index is 11.7. The summed E-state index contributed by atoms with van der Waals surface area (Å²) in [5, 5.41) is 15.1. The lowest BCUT2D eigenvalue weighted by Crippen LogP contribution is -2.46. The Morgan fingerprint density at radius 3 is 2.50 bits per heavy atom. The Kier molecular flexibility index (Phi) is 6.12. The summed E-state index contributed by atoms with van der Waals surface area (Å²) < 4.78 is 0. The summed E-state index contributed by atoms with van der Waals surface area (Å²) in [6.07, 6.45) is 4.42. The monoisotopic (exact) mass is 256 g/mol. The van der Waals surface area contributed by atoms with Crippen LogP contribution < -0.4 is 10.6 Å². The number of carbonyl (C=O) groups is 2. The molecule has 2 unspecified atom stereocenters. The van der Waals surface area contributed by atoms with Crippen LogP contribution in [0.3, 0.4) is 0 Å². The summed E-state index contributed by atoms with van der Waals surface area (Å²) in [5.74, 6) is -1.34. The van der Waals surface area contributed by atoms with Gasteiger partial charge in [-0.05, 0) is 12.8 Å². The molecule has 1 aliphatic carbocycles. The van der Waals surface area contributed by atoms with E-state index in [0.717, 1.165) is 25.7 Å². The van der Waals surface area contributed by atoms with E-state index in [0.29, 0.717) is 6.42 Å². The third-order valence-corrected chi connectivity index (χ3v) is 3.35. The first-order valence-electron chi connectivity index (χ1n) is 6.76. The van der Waals surface area contributed by atoms with Crippen molar-refractivity contribution in [2.45, 2.75) is 58.0 Å². The zero-order valence-electron chi connectivity index (χ0n) is 11.2. The Morgan fingerprint density at radius 2 is 1.89 bits per heavy atom. The van der Waals surface area contributed by atoms with Gasteiger partial charge in [-0.1, -0.05) is 33.1 Å². The van der Waals surface area contributed by atoms with Crippen LogP contribution in [-0.2, 0) is 9.59 Å². The molecule has 3 N–H and O–H groups in total. The van der Waals surface area contributed by atoms with E-state index in [1.807, 2.05) is 13.8 Å². The molecule has 0 aliphatic heterocycles. The van der Waals surface area contributed by atoms with E-state index in [-0.39, 0.29) is 24.5 Å². The lowest BCUT2D eigenvalue weighted by molar-refractivity contribution is -0.143. The summed E-state index contributed by atoms with van der Waals surface area (Å²) in [6.45, 7) is 4.19. The van der Waals surface area contributed by atoms with Gasteiger partial charge in [0.05, 0.1) is 12.5 Å². The van der Waals surface area contributed by atoms with Crippen molar-refractivity contribution >= 4 is 11.9 Å². The van der Waals surface area contributed by atoms with Gasteiger partial charge in [0, 0.05) is 12.1 Å². The largest absolute Gasteiger partial charge is 0.481 e. The van der Waals surface area contributed by atoms with E-state index in [4.69, 9.17) is 0 Å². The lowest BCUT2D eigenvalue weighted by Gasteiger charge is -2.23. The quantitative estimate of drug-likeness (QED) is 0.644. The van der Waals surface area contributed by atoms with Gasteiger partial charge in [0.25, 0.3) is 0 Å². The molecular formula is C13H24N2O3. The molecule has 0 saturated heterocycles. The minimum absolute atomic E-state index is 0.109. The molecule has 1 aliphatic rings. The Labute approximate surface area is 108 Å². The van der Waals surface area contributed by atoms with Gasteiger partial charge in [-0.2, -0.15) is 0 Å². The second-order valence-corrected chi connectivity index (χ2v) is 5.29. The number of aliphatic carboxylic acids is 1. The molecule has 1 fully saturated rings. The standard InChI is InChI=1S/C13H24N2O3/c1-9(2)14-8-12(16)15-11-7-5-3-4-6-10(11)13(17)18/h9-11,14H,3-8H2,1-2H3,(H,15,16)(H,17,18). The van der Waals surface area contributed by atoms with Gasteiger partial charge in [0.1, 0.15) is 0 Å². The topological polar surface area (TPSA) is 78.4 Å². The van der Waals surface area contributed by atoms with Gasteiger partial charge in [0.15, 0.2) is 0 Å². The van der Waals surface area contributed by atoms with Crippen LogP contribution in [0.1, 0.15) is 46.0 Å². The Balaban J connectivity index is 2.49. The van der Waals surface area contributed by atoms with Crippen LogP contribution in [-0.4, -0.2) is 35.6 Å². The summed E-state index contributed by atoms with van der Waals surface area (Å²) in [6, 6.07) is 0.0339. The zero-order valence-corrected chi connectivity index (χ0v) is 11.2. The zero-order chi connectivity index (χ0) is 13.5. The molecule has 0 heterocycles. The van der Waals surface area contributed by atoms with Gasteiger partial charge in [-0.3, -0.25) is 9.59 Å². The molecule has 5 nitrogen and oxygen atoms in total. The normalized spacial score (nSPS) is 24.6. The average Bonchev–Trinajstić information content (AvgIpc) is 2.51. The molecule has 0 aromatic heterocycles. The number of rotatable bonds is 5. The molecule has 0 aromatic carbocycles. The predicted molar refractivity (Wildman–Crippen MR) is 69.3 cm³/mol. The van der Waals surface area contributed by atoms with E-state index >= 15 is 0 Å². The number of carboxylic acid groups (broad SMARTS) is 1. The number of nitrogens with one attached hydrogen (secondary N) is 2. The lowest BCUT2D eigenvalue weighted by atomic mass is 9.95. The van der Waals surface area contributed by atoms with E-state index in [1.165, 1.54) is 0 Å². The number of amides is 1. The second-order valence-electron chi connectivity index (χ2n) is 5.29. The maximum atomic E-state index is 11.7. The van der Waals surface area contributed by atoms with Crippen molar-refractivity contribution in [3.8, 4) is 0 Å². The predicted octanol–water partition coefficient (Wildman–Crippen LogP) is 1.13. The number of carboxylic acids is 1. The van der Waals surface area contributed by atoms with Gasteiger partial charge in [-0.25, -0.2) is 0 Å². The van der Waals surface area contributed by atoms with Crippen molar-refractivity contribution in [3.05, 3.63) is 0 Å². The molecule has 18 heavy (non-hydrogen) atoms. The summed E-state index contributed by atoms with van der Waals surface area (Å²) in [4.78, 5) is 22.9. The van der Waals surface area contributed by atoms with Crippen molar-refractivity contribution in [2.75, 3.05) is 6.54 Å². The molecule has 2 atom stereocenters. The van der Waals surface area contributed by atoms with Crippen LogP contribution in [0.25, 0.3) is 0 Å². The van der Waals surface area contributed by atoms with Crippen molar-refractivity contribution in [1.82, 2.24) is 10.6 Å². The highest BCUT2D eigenvalue weighted by atomic mass is 16.4. The van der Waals surface area contributed by atoms with Crippen molar-refractivity contribution in [1.29, 1.82) is 0 Å². The number of hydrogen-bond acceptors (Lipinski definition) is 3. The fourth-order valence-corrected chi connectivity index (χ4v) is 2.33. The number of hydrogen-bond donors (Lipinski definition) is 3. The Morgan fingerprint density at radius 1 is 1.22 bits per heavy atom. The van der Waals surface area contributed by atoms with Crippen LogP contribution in [0, 0.1) is 5.92 Å². The average molecular weight is 256 g/mol. The SMILES string of the molecule is CC(C)NCC(=O)NC1CCCCCC1C(=O)O. The molecule has 1 saturated carbocycles. The van der Waals surface area contributed by atoms with E-state index in [1.54, 1.807) is 0 Å². The summed E-state index contributed by atoms with van der Waals surface area (Å²) in [7, 11) is 0. The van der Waals surface area contributed by atoms with Crippen LogP contribution in [0.4, 0.5) is 0 Å². The highest BCUT2D eigenvalue weighted by molar-refractivity contribution is 5.79. The van der Waals surface area contributed by atoms with Gasteiger partial charge >= 0.3 is 5.97 Å². The third kappa shape index (κ3) is 5.04. The van der Waals surface area contributed by atoms with Crippen LogP contribution in [0.15, 0.2) is 0 Å². The molecule has 0 aromatic rings. The minimum atomic E-state index is -0.793. The second kappa shape index (κ2) is 7.36. The van der Waals surface area contributed by atoms with Crippen molar-refractivity contribution < 1.29 is 14.7 Å². The first kappa shape index (κ1) is 15.0. The Hall–Kier alpha value is -1.10. The molecule has 0 spiro atoms. The van der Waals surface area contributed by atoms with Crippen molar-refractivity contribution in [2.24, 2.45) is 5.92 Å². The first-order valence-corrected chi connectivity index (χ1v) is 6.76. The van der Waals surface area contributed by atoms with Gasteiger partial charge in [-0.15, -0.1) is 0 Å². The van der Waals surface area contributed by atoms with Crippen LogP contribution in [0.5, 0.6) is 0 Å². The highest BCUT2D eigenvalue weighted by Crippen LogP contribution is 2.23. The highest BCUT2D eigenvalue weighted by Gasteiger charge is 2.30. The van der Waals surface area contributed by atoms with E-state index < -0.39 is 11.9 Å². The fourth-order valence-electron chi connectivity index (χ4n) is 2.33. The van der Waals surface area contributed by atoms with Gasteiger partial charge < -0.3 is 15.7 Å². The fraction of sp³-hybridized carbons (Fsp3) is 0.846.